The van der Waals surface area contributed by atoms with Crippen LogP contribution in [0.4, 0.5) is 5.69 Å². The Hall–Kier alpha value is -3.85. The topological polar surface area (TPSA) is 96.0 Å². The summed E-state index contributed by atoms with van der Waals surface area (Å²) in [5.41, 5.74) is 3.81. The van der Waals surface area contributed by atoms with Crippen LogP contribution in [0.1, 0.15) is 55.9 Å². The molecule has 3 aromatic carbocycles. The van der Waals surface area contributed by atoms with Crippen molar-refractivity contribution in [2.45, 2.75) is 77.9 Å². The van der Waals surface area contributed by atoms with E-state index >= 15 is 0 Å². The fourth-order valence-electron chi connectivity index (χ4n) is 4.79. The van der Waals surface area contributed by atoms with Crippen molar-refractivity contribution >= 4 is 27.5 Å². The molecule has 0 aromatic heterocycles. The molecule has 2 amide bonds. The lowest BCUT2D eigenvalue weighted by Gasteiger charge is -2.34. The molecule has 0 aliphatic heterocycles. The molecule has 0 fully saturated rings. The predicted octanol–water partition coefficient (Wildman–Crippen LogP) is 5.54. The summed E-state index contributed by atoms with van der Waals surface area (Å²) in [7, 11) is -2.56. The molecule has 42 heavy (non-hydrogen) atoms. The van der Waals surface area contributed by atoms with Gasteiger partial charge in [0.25, 0.3) is 10.0 Å². The first-order valence-electron chi connectivity index (χ1n) is 14.3. The van der Waals surface area contributed by atoms with Gasteiger partial charge in [-0.05, 0) is 93.6 Å². The van der Waals surface area contributed by atoms with Crippen molar-refractivity contribution in [2.75, 3.05) is 18.0 Å². The van der Waals surface area contributed by atoms with Crippen LogP contribution in [0.3, 0.4) is 0 Å². The number of carbonyl (C=O) groups is 2. The van der Waals surface area contributed by atoms with Crippen LogP contribution in [0.5, 0.6) is 5.75 Å². The molecule has 0 bridgehead atoms. The third kappa shape index (κ3) is 8.12. The van der Waals surface area contributed by atoms with Gasteiger partial charge >= 0.3 is 0 Å². The number of nitrogens with one attached hydrogen (secondary N) is 1. The second-order valence-electron chi connectivity index (χ2n) is 10.8. The number of benzene rings is 3. The molecule has 9 heteroatoms. The molecule has 3 rings (SSSR count). The van der Waals surface area contributed by atoms with E-state index in [1.165, 1.54) is 4.90 Å². The highest BCUT2D eigenvalue weighted by atomic mass is 32.2. The zero-order valence-electron chi connectivity index (χ0n) is 25.7. The molecule has 0 unspecified atom stereocenters. The molecule has 0 saturated heterocycles. The van der Waals surface area contributed by atoms with Crippen molar-refractivity contribution in [1.82, 2.24) is 10.2 Å². The molecule has 0 spiro atoms. The van der Waals surface area contributed by atoms with E-state index in [1.807, 2.05) is 65.8 Å². The van der Waals surface area contributed by atoms with Gasteiger partial charge in [-0.15, -0.1) is 0 Å². The monoisotopic (exact) mass is 593 g/mol. The Kier molecular flexibility index (Phi) is 11.2. The van der Waals surface area contributed by atoms with Crippen LogP contribution >= 0.6 is 0 Å². The van der Waals surface area contributed by atoms with Crippen LogP contribution in [-0.4, -0.2) is 50.9 Å². The number of ether oxygens (including phenoxy) is 1. The lowest BCUT2D eigenvalue weighted by Crippen LogP contribution is -2.53. The number of sulfonamides is 1. The van der Waals surface area contributed by atoms with Gasteiger partial charge in [0, 0.05) is 12.6 Å². The molecular formula is C33H43N3O5S. The van der Waals surface area contributed by atoms with Crippen molar-refractivity contribution < 1.29 is 22.7 Å². The van der Waals surface area contributed by atoms with Gasteiger partial charge in [-0.1, -0.05) is 49.7 Å². The predicted molar refractivity (Wildman–Crippen MR) is 167 cm³/mol. The number of aryl methyl sites for hydroxylation is 3. The number of methoxy groups -OCH3 is 1. The smallest absolute Gasteiger partial charge is 0.264 e. The maximum atomic E-state index is 14.3. The summed E-state index contributed by atoms with van der Waals surface area (Å²) in [4.78, 5) is 29.3. The summed E-state index contributed by atoms with van der Waals surface area (Å²) in [5.74, 6) is -0.142. The van der Waals surface area contributed by atoms with Crippen LogP contribution in [-0.2, 0) is 26.2 Å². The molecule has 0 heterocycles. The maximum absolute atomic E-state index is 14.3. The third-order valence-corrected chi connectivity index (χ3v) is 9.04. The molecular weight excluding hydrogens is 550 g/mol. The number of anilines is 1. The van der Waals surface area contributed by atoms with E-state index in [2.05, 4.69) is 5.32 Å². The maximum Gasteiger partial charge on any atom is 0.264 e. The number of carbonyl (C=O) groups excluding carboxylic acids is 2. The number of hydrogen-bond donors (Lipinski definition) is 1. The Morgan fingerprint density at radius 1 is 0.881 bits per heavy atom. The largest absolute Gasteiger partial charge is 0.497 e. The highest BCUT2D eigenvalue weighted by molar-refractivity contribution is 7.92. The van der Waals surface area contributed by atoms with Gasteiger partial charge in [0.2, 0.25) is 11.8 Å². The van der Waals surface area contributed by atoms with E-state index in [-0.39, 0.29) is 23.4 Å². The average molecular weight is 594 g/mol. The summed E-state index contributed by atoms with van der Waals surface area (Å²) >= 11 is 0. The minimum atomic E-state index is -4.13. The summed E-state index contributed by atoms with van der Waals surface area (Å²) in [6, 6.07) is 18.4. The third-order valence-electron chi connectivity index (χ3n) is 7.26. The first-order chi connectivity index (χ1) is 19.9. The van der Waals surface area contributed by atoms with Gasteiger partial charge < -0.3 is 15.0 Å². The number of hydrogen-bond acceptors (Lipinski definition) is 5. The highest BCUT2D eigenvalue weighted by Crippen LogP contribution is 2.27. The minimum Gasteiger partial charge on any atom is -0.497 e. The highest BCUT2D eigenvalue weighted by Gasteiger charge is 2.34. The molecule has 0 aliphatic carbocycles. The quantitative estimate of drug-likeness (QED) is 0.281. The Labute approximate surface area is 250 Å². The summed E-state index contributed by atoms with van der Waals surface area (Å²) in [6.07, 6.45) is 1.09. The van der Waals surface area contributed by atoms with Gasteiger partial charge in [0.1, 0.15) is 18.3 Å². The van der Waals surface area contributed by atoms with Crippen LogP contribution in [0.2, 0.25) is 0 Å². The fourth-order valence-corrected chi connectivity index (χ4v) is 6.19. The van der Waals surface area contributed by atoms with Gasteiger partial charge in [-0.25, -0.2) is 8.42 Å². The first-order valence-corrected chi connectivity index (χ1v) is 15.7. The van der Waals surface area contributed by atoms with Crippen LogP contribution in [0.25, 0.3) is 0 Å². The molecule has 0 aliphatic rings. The molecule has 0 radical (unpaired) electrons. The summed E-state index contributed by atoms with van der Waals surface area (Å²) in [5, 5.41) is 3.00. The van der Waals surface area contributed by atoms with E-state index in [0.717, 1.165) is 33.0 Å². The number of amides is 2. The second-order valence-corrected chi connectivity index (χ2v) is 12.6. The van der Waals surface area contributed by atoms with Gasteiger partial charge in [0.05, 0.1) is 17.7 Å². The zero-order chi connectivity index (χ0) is 31.0. The van der Waals surface area contributed by atoms with Gasteiger partial charge in [-0.3, -0.25) is 13.9 Å². The SMILES string of the molecule is CC[C@@H](C)NC(=O)[C@H](CC)N(Cc1cccc(OC)c1)C(=O)CN(c1cc(C)cc(C)c1)S(=O)(=O)c1ccc(C)cc1. The molecule has 3 aromatic rings. The second kappa shape index (κ2) is 14.4. The summed E-state index contributed by atoms with van der Waals surface area (Å²) in [6.45, 7) is 11.0. The van der Waals surface area contributed by atoms with E-state index in [4.69, 9.17) is 4.74 Å². The van der Waals surface area contributed by atoms with Gasteiger partial charge in [-0.2, -0.15) is 0 Å². The Bertz CT molecular complexity index is 1470. The van der Waals surface area contributed by atoms with Crippen molar-refractivity contribution in [1.29, 1.82) is 0 Å². The fraction of sp³-hybridized carbons (Fsp3) is 0.394. The summed E-state index contributed by atoms with van der Waals surface area (Å²) < 4.78 is 34.7. The van der Waals surface area contributed by atoms with E-state index < -0.39 is 28.5 Å². The Morgan fingerprint density at radius 3 is 2.10 bits per heavy atom. The zero-order valence-corrected chi connectivity index (χ0v) is 26.5. The normalized spacial score (nSPS) is 12.7. The Balaban J connectivity index is 2.10. The lowest BCUT2D eigenvalue weighted by molar-refractivity contribution is -0.140. The van der Waals surface area contributed by atoms with Crippen molar-refractivity contribution in [3.05, 3.63) is 89.0 Å². The van der Waals surface area contributed by atoms with Crippen molar-refractivity contribution in [2.24, 2.45) is 0 Å². The number of nitrogens with zero attached hydrogens (tertiary/aromatic N) is 2. The lowest BCUT2D eigenvalue weighted by atomic mass is 10.1. The molecule has 1 N–H and O–H groups in total. The first kappa shape index (κ1) is 32.7. The minimum absolute atomic E-state index is 0.0750. The van der Waals surface area contributed by atoms with Crippen LogP contribution in [0, 0.1) is 20.8 Å². The van der Waals surface area contributed by atoms with E-state index in [1.54, 1.807) is 49.6 Å². The number of rotatable bonds is 13. The van der Waals surface area contributed by atoms with Crippen molar-refractivity contribution in [3.8, 4) is 5.75 Å². The van der Waals surface area contributed by atoms with Gasteiger partial charge in [0.15, 0.2) is 0 Å². The average Bonchev–Trinajstić information content (AvgIpc) is 2.95. The van der Waals surface area contributed by atoms with Crippen LogP contribution < -0.4 is 14.4 Å². The molecule has 0 saturated carbocycles. The Morgan fingerprint density at radius 2 is 1.52 bits per heavy atom. The molecule has 8 nitrogen and oxygen atoms in total. The van der Waals surface area contributed by atoms with E-state index in [0.29, 0.717) is 17.9 Å². The standard InChI is InChI=1S/C33H43N3O5S/c1-8-26(6)34-33(38)31(9-2)35(21-27-11-10-12-29(20-27)41-7)32(37)22-36(28-18-24(4)17-25(5)19-28)42(39,40)30-15-13-23(3)14-16-30/h10-20,26,31H,8-9,21-22H2,1-7H3,(H,34,38)/t26-,31+/m1/s1. The molecule has 2 atom stereocenters. The molecule has 226 valence electrons. The van der Waals surface area contributed by atoms with Crippen molar-refractivity contribution in [3.63, 3.8) is 0 Å². The van der Waals surface area contributed by atoms with E-state index in [9.17, 15) is 18.0 Å². The van der Waals surface area contributed by atoms with Crippen LogP contribution in [0.15, 0.2) is 71.6 Å².